The molecule has 0 bridgehead atoms. The minimum atomic E-state index is 0.624. The largest absolute Gasteiger partial charge is 0.497 e. The van der Waals surface area contributed by atoms with Gasteiger partial charge in [0.25, 0.3) is 0 Å². The lowest BCUT2D eigenvalue weighted by atomic mass is 10.1. The first-order valence-corrected chi connectivity index (χ1v) is 6.21. The number of rotatable bonds is 2. The molecular formula is C14H14ClNO. The van der Waals surface area contributed by atoms with Gasteiger partial charge < -0.3 is 4.74 Å². The smallest absolute Gasteiger partial charge is 0.119 e. The van der Waals surface area contributed by atoms with Gasteiger partial charge >= 0.3 is 0 Å². The highest BCUT2D eigenvalue weighted by Crippen LogP contribution is 2.41. The standard InChI is InChI=1S/C14H14ClNO/c1-8-5-10(17-2)6-11-12(15)7-13(9-3-4-9)16-14(8)11/h5-7,9H,3-4H2,1-2H3. The summed E-state index contributed by atoms with van der Waals surface area (Å²) in [6.07, 6.45) is 2.48. The molecule has 0 amide bonds. The average Bonchev–Trinajstić information content (AvgIpc) is 3.13. The van der Waals surface area contributed by atoms with E-state index in [0.29, 0.717) is 5.92 Å². The molecule has 3 rings (SSSR count). The highest BCUT2D eigenvalue weighted by Gasteiger charge is 2.26. The van der Waals surface area contributed by atoms with Crippen LogP contribution in [0.4, 0.5) is 0 Å². The number of fused-ring (bicyclic) bond motifs is 1. The van der Waals surface area contributed by atoms with Crippen LogP contribution in [0, 0.1) is 6.92 Å². The number of hydrogen-bond acceptors (Lipinski definition) is 2. The zero-order chi connectivity index (χ0) is 12.0. The first kappa shape index (κ1) is 10.8. The van der Waals surface area contributed by atoms with E-state index in [1.807, 2.05) is 25.1 Å². The molecule has 1 aliphatic rings. The molecule has 2 nitrogen and oxygen atoms in total. The van der Waals surface area contributed by atoms with Crippen molar-refractivity contribution in [1.82, 2.24) is 4.98 Å². The SMILES string of the molecule is COc1cc(C)c2nc(C3CC3)cc(Cl)c2c1. The van der Waals surface area contributed by atoms with Gasteiger partial charge in [-0.15, -0.1) is 0 Å². The highest BCUT2D eigenvalue weighted by atomic mass is 35.5. The van der Waals surface area contributed by atoms with Crippen molar-refractivity contribution in [2.45, 2.75) is 25.7 Å². The lowest BCUT2D eigenvalue weighted by Crippen LogP contribution is -1.93. The van der Waals surface area contributed by atoms with Gasteiger partial charge in [0.1, 0.15) is 5.75 Å². The van der Waals surface area contributed by atoms with Gasteiger partial charge in [0, 0.05) is 17.0 Å². The van der Waals surface area contributed by atoms with Crippen LogP contribution in [0.25, 0.3) is 10.9 Å². The van der Waals surface area contributed by atoms with E-state index in [4.69, 9.17) is 21.3 Å². The van der Waals surface area contributed by atoms with Gasteiger partial charge in [-0.1, -0.05) is 11.6 Å². The Kier molecular flexibility index (Phi) is 2.48. The third-order valence-electron chi connectivity index (χ3n) is 3.28. The minimum Gasteiger partial charge on any atom is -0.497 e. The summed E-state index contributed by atoms with van der Waals surface area (Å²) in [5, 5.41) is 1.76. The van der Waals surface area contributed by atoms with Crippen LogP contribution in [0.5, 0.6) is 5.75 Å². The fourth-order valence-electron chi connectivity index (χ4n) is 2.15. The lowest BCUT2D eigenvalue weighted by Gasteiger charge is -2.09. The number of pyridine rings is 1. The van der Waals surface area contributed by atoms with E-state index in [2.05, 4.69) is 0 Å². The summed E-state index contributed by atoms with van der Waals surface area (Å²) >= 11 is 6.34. The molecule has 1 aliphatic carbocycles. The quantitative estimate of drug-likeness (QED) is 0.798. The molecule has 0 unspecified atom stereocenters. The summed E-state index contributed by atoms with van der Waals surface area (Å²) < 4.78 is 5.26. The monoisotopic (exact) mass is 247 g/mol. The Balaban J connectivity index is 2.27. The number of aryl methyl sites for hydroxylation is 1. The second-order valence-corrected chi connectivity index (χ2v) is 5.05. The lowest BCUT2D eigenvalue weighted by molar-refractivity contribution is 0.415. The Morgan fingerprint density at radius 3 is 2.71 bits per heavy atom. The molecule has 88 valence electrons. The predicted octanol–water partition coefficient (Wildman–Crippen LogP) is 4.08. The summed E-state index contributed by atoms with van der Waals surface area (Å²) in [5.74, 6) is 1.45. The first-order chi connectivity index (χ1) is 8.19. The van der Waals surface area contributed by atoms with Crippen LogP contribution in [0.2, 0.25) is 5.02 Å². The summed E-state index contributed by atoms with van der Waals surface area (Å²) in [4.78, 5) is 4.73. The molecule has 0 N–H and O–H groups in total. The topological polar surface area (TPSA) is 22.1 Å². The molecule has 2 aromatic rings. The Hall–Kier alpha value is -1.28. The van der Waals surface area contributed by atoms with Gasteiger partial charge in [-0.05, 0) is 43.5 Å². The summed E-state index contributed by atoms with van der Waals surface area (Å²) in [5.41, 5.74) is 3.25. The minimum absolute atomic E-state index is 0.624. The van der Waals surface area contributed by atoms with Gasteiger partial charge in [0.15, 0.2) is 0 Å². The molecule has 17 heavy (non-hydrogen) atoms. The van der Waals surface area contributed by atoms with E-state index in [9.17, 15) is 0 Å². The average molecular weight is 248 g/mol. The molecule has 0 spiro atoms. The molecule has 0 aliphatic heterocycles. The number of hydrogen-bond donors (Lipinski definition) is 0. The Morgan fingerprint density at radius 1 is 1.29 bits per heavy atom. The van der Waals surface area contributed by atoms with Crippen molar-refractivity contribution in [3.63, 3.8) is 0 Å². The number of aromatic nitrogens is 1. The molecule has 3 heteroatoms. The zero-order valence-corrected chi connectivity index (χ0v) is 10.7. The fraction of sp³-hybridized carbons (Fsp3) is 0.357. The van der Waals surface area contributed by atoms with Crippen LogP contribution in [0.3, 0.4) is 0 Å². The number of methoxy groups -OCH3 is 1. The molecule has 1 saturated carbocycles. The fourth-order valence-corrected chi connectivity index (χ4v) is 2.41. The van der Waals surface area contributed by atoms with Crippen LogP contribution in [0.1, 0.15) is 30.0 Å². The van der Waals surface area contributed by atoms with Crippen molar-refractivity contribution in [2.24, 2.45) is 0 Å². The molecule has 1 heterocycles. The van der Waals surface area contributed by atoms with E-state index >= 15 is 0 Å². The van der Waals surface area contributed by atoms with E-state index in [-0.39, 0.29) is 0 Å². The summed E-state index contributed by atoms with van der Waals surface area (Å²) in [6.45, 7) is 2.05. The van der Waals surface area contributed by atoms with Crippen LogP contribution >= 0.6 is 11.6 Å². The van der Waals surface area contributed by atoms with Crippen molar-refractivity contribution < 1.29 is 4.74 Å². The number of nitrogens with zero attached hydrogens (tertiary/aromatic N) is 1. The maximum atomic E-state index is 6.34. The predicted molar refractivity (Wildman–Crippen MR) is 70.0 cm³/mol. The second kappa shape index (κ2) is 3.88. The summed E-state index contributed by atoms with van der Waals surface area (Å²) in [7, 11) is 1.67. The Morgan fingerprint density at radius 2 is 2.06 bits per heavy atom. The molecular weight excluding hydrogens is 234 g/mol. The maximum Gasteiger partial charge on any atom is 0.119 e. The van der Waals surface area contributed by atoms with Gasteiger partial charge in [-0.2, -0.15) is 0 Å². The Bertz CT molecular complexity index is 590. The van der Waals surface area contributed by atoms with Gasteiger partial charge in [-0.3, -0.25) is 4.98 Å². The van der Waals surface area contributed by atoms with Gasteiger partial charge in [0.2, 0.25) is 0 Å². The highest BCUT2D eigenvalue weighted by molar-refractivity contribution is 6.35. The number of benzene rings is 1. The second-order valence-electron chi connectivity index (χ2n) is 4.64. The third kappa shape index (κ3) is 1.87. The van der Waals surface area contributed by atoms with E-state index in [0.717, 1.165) is 32.9 Å². The van der Waals surface area contributed by atoms with Gasteiger partial charge in [0.05, 0.1) is 17.6 Å². The molecule has 0 radical (unpaired) electrons. The van der Waals surface area contributed by atoms with Crippen LogP contribution in [0.15, 0.2) is 18.2 Å². The molecule has 0 atom stereocenters. The molecule has 1 aromatic carbocycles. The van der Waals surface area contributed by atoms with Crippen LogP contribution < -0.4 is 4.74 Å². The van der Waals surface area contributed by atoms with Crippen LogP contribution in [-0.4, -0.2) is 12.1 Å². The molecule has 1 fully saturated rings. The zero-order valence-electron chi connectivity index (χ0n) is 9.96. The maximum absolute atomic E-state index is 6.34. The van der Waals surface area contributed by atoms with Crippen molar-refractivity contribution in [2.75, 3.05) is 7.11 Å². The van der Waals surface area contributed by atoms with E-state index in [1.54, 1.807) is 7.11 Å². The van der Waals surface area contributed by atoms with E-state index < -0.39 is 0 Å². The van der Waals surface area contributed by atoms with Crippen molar-refractivity contribution in [1.29, 1.82) is 0 Å². The van der Waals surface area contributed by atoms with Crippen molar-refractivity contribution >= 4 is 22.5 Å². The summed E-state index contributed by atoms with van der Waals surface area (Å²) in [6, 6.07) is 5.96. The van der Waals surface area contributed by atoms with Crippen molar-refractivity contribution in [3.8, 4) is 5.75 Å². The number of ether oxygens (including phenoxy) is 1. The number of halogens is 1. The van der Waals surface area contributed by atoms with E-state index in [1.165, 1.54) is 12.8 Å². The molecule has 0 saturated heterocycles. The third-order valence-corrected chi connectivity index (χ3v) is 3.59. The normalized spacial score (nSPS) is 15.2. The van der Waals surface area contributed by atoms with Crippen molar-refractivity contribution in [3.05, 3.63) is 34.5 Å². The van der Waals surface area contributed by atoms with Gasteiger partial charge in [-0.25, -0.2) is 0 Å². The van der Waals surface area contributed by atoms with Crippen LogP contribution in [-0.2, 0) is 0 Å². The molecule has 1 aromatic heterocycles. The first-order valence-electron chi connectivity index (χ1n) is 5.84. The Labute approximate surface area is 106 Å².